The fourth-order valence-electron chi connectivity index (χ4n) is 4.06. The quantitative estimate of drug-likeness (QED) is 0.791. The molecule has 7 heteroatoms. The second kappa shape index (κ2) is 9.02. The van der Waals surface area contributed by atoms with E-state index in [9.17, 15) is 14.3 Å². The topological polar surface area (TPSA) is 75.0 Å². The van der Waals surface area contributed by atoms with Crippen molar-refractivity contribution in [1.82, 2.24) is 9.88 Å². The summed E-state index contributed by atoms with van der Waals surface area (Å²) >= 11 is 0. The van der Waals surface area contributed by atoms with Gasteiger partial charge in [-0.15, -0.1) is 0 Å². The number of ether oxygens (including phenoxy) is 1. The van der Waals surface area contributed by atoms with Gasteiger partial charge in [0.2, 0.25) is 0 Å². The smallest absolute Gasteiger partial charge is 0.139 e. The van der Waals surface area contributed by atoms with Crippen molar-refractivity contribution in [2.45, 2.75) is 38.3 Å². The Morgan fingerprint density at radius 1 is 1.27 bits per heavy atom. The number of amidine groups is 1. The molecule has 1 saturated heterocycles. The fourth-order valence-corrected chi connectivity index (χ4v) is 4.06. The van der Waals surface area contributed by atoms with E-state index in [1.165, 1.54) is 12.1 Å². The third-order valence-corrected chi connectivity index (χ3v) is 5.70. The molecule has 30 heavy (non-hydrogen) atoms. The van der Waals surface area contributed by atoms with Crippen LogP contribution in [-0.4, -0.2) is 59.0 Å². The van der Waals surface area contributed by atoms with Crippen LogP contribution in [0.1, 0.15) is 41.6 Å². The van der Waals surface area contributed by atoms with Gasteiger partial charge in [0.1, 0.15) is 17.4 Å². The van der Waals surface area contributed by atoms with Gasteiger partial charge in [-0.3, -0.25) is 14.8 Å². The number of aliphatic imine (C=N–C) groups is 1. The van der Waals surface area contributed by atoms with E-state index in [1.807, 2.05) is 12.3 Å². The van der Waals surface area contributed by atoms with Crippen molar-refractivity contribution in [2.24, 2.45) is 4.99 Å². The van der Waals surface area contributed by atoms with E-state index in [0.29, 0.717) is 25.5 Å². The summed E-state index contributed by atoms with van der Waals surface area (Å²) < 4.78 is 18.6. The molecule has 0 unspecified atom stereocenters. The van der Waals surface area contributed by atoms with E-state index in [4.69, 9.17) is 4.74 Å². The van der Waals surface area contributed by atoms with Gasteiger partial charge in [0.25, 0.3) is 0 Å². The minimum absolute atomic E-state index is 0.00927. The van der Waals surface area contributed by atoms with Gasteiger partial charge in [0, 0.05) is 49.3 Å². The van der Waals surface area contributed by atoms with Crippen LogP contribution < -0.4 is 0 Å². The number of halogens is 1. The molecule has 4 rings (SSSR count). The summed E-state index contributed by atoms with van der Waals surface area (Å²) in [5.74, 6) is 0.244. The average Bonchev–Trinajstić information content (AvgIpc) is 3.16. The van der Waals surface area contributed by atoms with Crippen molar-refractivity contribution < 1.29 is 19.0 Å². The Hall–Kier alpha value is -2.64. The minimum Gasteiger partial charge on any atom is -0.393 e. The fraction of sp³-hybridized carbons (Fsp3) is 0.435. The number of aliphatic hydroxyl groups excluding tert-OH is 1. The molecule has 158 valence electrons. The Balaban J connectivity index is 1.42. The highest BCUT2D eigenvalue weighted by molar-refractivity contribution is 6.01. The number of ketones is 1. The second-order valence-electron chi connectivity index (χ2n) is 7.89. The summed E-state index contributed by atoms with van der Waals surface area (Å²) in [6, 6.07) is 7.91. The number of aliphatic hydroxyl groups is 1. The van der Waals surface area contributed by atoms with Gasteiger partial charge in [0.05, 0.1) is 25.9 Å². The highest BCUT2D eigenvalue weighted by atomic mass is 19.1. The van der Waals surface area contributed by atoms with Crippen LogP contribution in [0.3, 0.4) is 0 Å². The van der Waals surface area contributed by atoms with Gasteiger partial charge < -0.3 is 14.7 Å². The predicted octanol–water partition coefficient (Wildman–Crippen LogP) is 2.48. The zero-order valence-corrected chi connectivity index (χ0v) is 17.1. The van der Waals surface area contributed by atoms with Crippen molar-refractivity contribution in [1.29, 1.82) is 0 Å². The van der Waals surface area contributed by atoms with Crippen LogP contribution in [0.25, 0.3) is 0 Å². The SMILES string of the molecule is C[C@@H](O)[C@@H](CC(=O)Cc1cc2c(cn1)C(N1CCOCC1)=NC2)c1ccc(F)cc1. The number of aromatic nitrogens is 1. The van der Waals surface area contributed by atoms with Gasteiger partial charge in [-0.2, -0.15) is 0 Å². The molecule has 0 bridgehead atoms. The first-order valence-electron chi connectivity index (χ1n) is 10.3. The molecule has 1 N–H and O–H groups in total. The number of benzene rings is 1. The molecule has 1 aromatic carbocycles. The van der Waals surface area contributed by atoms with Crippen LogP contribution in [0.2, 0.25) is 0 Å². The number of rotatable bonds is 6. The molecule has 0 amide bonds. The maximum Gasteiger partial charge on any atom is 0.139 e. The zero-order chi connectivity index (χ0) is 21.1. The summed E-state index contributed by atoms with van der Waals surface area (Å²) in [4.78, 5) is 24.1. The number of nitrogens with zero attached hydrogens (tertiary/aromatic N) is 3. The largest absolute Gasteiger partial charge is 0.393 e. The number of morpholine rings is 1. The summed E-state index contributed by atoms with van der Waals surface area (Å²) in [7, 11) is 0. The van der Waals surface area contributed by atoms with E-state index in [0.717, 1.165) is 35.6 Å². The highest BCUT2D eigenvalue weighted by Gasteiger charge is 2.25. The van der Waals surface area contributed by atoms with Crippen LogP contribution in [0.4, 0.5) is 4.39 Å². The van der Waals surface area contributed by atoms with E-state index in [2.05, 4.69) is 14.9 Å². The second-order valence-corrected chi connectivity index (χ2v) is 7.89. The summed E-state index contributed by atoms with van der Waals surface area (Å²) in [6.07, 6.45) is 1.48. The molecule has 2 aromatic rings. The molecule has 2 atom stereocenters. The van der Waals surface area contributed by atoms with Crippen molar-refractivity contribution in [3.8, 4) is 0 Å². The van der Waals surface area contributed by atoms with Gasteiger partial charge in [0.15, 0.2) is 0 Å². The monoisotopic (exact) mass is 411 g/mol. The van der Waals surface area contributed by atoms with Gasteiger partial charge in [-0.1, -0.05) is 12.1 Å². The van der Waals surface area contributed by atoms with Crippen LogP contribution in [0.5, 0.6) is 0 Å². The molecule has 0 saturated carbocycles. The summed E-state index contributed by atoms with van der Waals surface area (Å²) in [6.45, 7) is 5.29. The molecule has 3 heterocycles. The van der Waals surface area contributed by atoms with E-state index < -0.39 is 6.10 Å². The Labute approximate surface area is 175 Å². The Bertz CT molecular complexity index is 937. The number of pyridine rings is 1. The lowest BCUT2D eigenvalue weighted by atomic mass is 9.88. The number of hydrogen-bond donors (Lipinski definition) is 1. The lowest BCUT2D eigenvalue weighted by molar-refractivity contribution is -0.119. The van der Waals surface area contributed by atoms with E-state index >= 15 is 0 Å². The Kier molecular flexibility index (Phi) is 6.20. The van der Waals surface area contributed by atoms with Crippen molar-refractivity contribution in [2.75, 3.05) is 26.3 Å². The van der Waals surface area contributed by atoms with E-state index in [1.54, 1.807) is 19.1 Å². The first-order chi connectivity index (χ1) is 14.5. The third-order valence-electron chi connectivity index (χ3n) is 5.70. The van der Waals surface area contributed by atoms with E-state index in [-0.39, 0.29) is 30.4 Å². The number of fused-ring (bicyclic) bond motifs is 1. The number of carbonyl (C=O) groups excluding carboxylic acids is 1. The highest BCUT2D eigenvalue weighted by Crippen LogP contribution is 2.26. The zero-order valence-electron chi connectivity index (χ0n) is 17.1. The summed E-state index contributed by atoms with van der Waals surface area (Å²) in [5, 5.41) is 10.1. The van der Waals surface area contributed by atoms with Crippen LogP contribution >= 0.6 is 0 Å². The maximum atomic E-state index is 13.2. The number of hydrogen-bond acceptors (Lipinski definition) is 6. The molecular formula is C23H26FN3O3. The van der Waals surface area contributed by atoms with Gasteiger partial charge >= 0.3 is 0 Å². The molecule has 0 radical (unpaired) electrons. The molecular weight excluding hydrogens is 385 g/mol. The molecule has 1 aromatic heterocycles. The number of carbonyl (C=O) groups is 1. The van der Waals surface area contributed by atoms with Crippen molar-refractivity contribution >= 4 is 11.6 Å². The first-order valence-corrected chi connectivity index (χ1v) is 10.3. The Morgan fingerprint density at radius 2 is 2.00 bits per heavy atom. The number of Topliss-reactive ketones (excluding diaryl/α,β-unsaturated/α-hetero) is 1. The molecule has 1 fully saturated rings. The predicted molar refractivity (Wildman–Crippen MR) is 111 cm³/mol. The van der Waals surface area contributed by atoms with Gasteiger partial charge in [-0.05, 0) is 36.2 Å². The maximum absolute atomic E-state index is 13.2. The molecule has 0 spiro atoms. The minimum atomic E-state index is -0.711. The lowest BCUT2D eigenvalue weighted by Gasteiger charge is -2.28. The average molecular weight is 411 g/mol. The molecule has 6 nitrogen and oxygen atoms in total. The first kappa shape index (κ1) is 20.6. The standard InChI is InChI=1S/C23H26FN3O3/c1-15(28)21(16-2-4-18(24)5-3-16)12-20(29)11-19-10-17-13-26-23(22(17)14-25-19)27-6-8-30-9-7-27/h2-5,10,14-15,21,28H,6-9,11-13H2,1H3/t15-,21-/m1/s1. The Morgan fingerprint density at radius 3 is 2.70 bits per heavy atom. The third kappa shape index (κ3) is 4.57. The molecule has 2 aliphatic heterocycles. The normalized spacial score (nSPS) is 18.0. The molecule has 2 aliphatic rings. The van der Waals surface area contributed by atoms with Crippen molar-refractivity contribution in [3.63, 3.8) is 0 Å². The summed E-state index contributed by atoms with van der Waals surface area (Å²) in [5.41, 5.74) is 3.58. The molecule has 0 aliphatic carbocycles. The van der Waals surface area contributed by atoms with Crippen molar-refractivity contribution in [3.05, 3.63) is 64.7 Å². The van der Waals surface area contributed by atoms with Crippen LogP contribution in [0, 0.1) is 5.82 Å². The lowest BCUT2D eigenvalue weighted by Crippen LogP contribution is -2.40. The van der Waals surface area contributed by atoms with Crippen LogP contribution in [-0.2, 0) is 22.5 Å². The van der Waals surface area contributed by atoms with Crippen LogP contribution in [0.15, 0.2) is 41.5 Å². The van der Waals surface area contributed by atoms with Gasteiger partial charge in [-0.25, -0.2) is 4.39 Å².